The van der Waals surface area contributed by atoms with Crippen molar-refractivity contribution in [3.8, 4) is 0 Å². The molecule has 128 valence electrons. The molecule has 0 saturated carbocycles. The van der Waals surface area contributed by atoms with Crippen LogP contribution in [-0.2, 0) is 4.74 Å². The molecule has 0 bridgehead atoms. The van der Waals surface area contributed by atoms with Crippen LogP contribution in [0.1, 0.15) is 20.8 Å². The van der Waals surface area contributed by atoms with Crippen molar-refractivity contribution >= 4 is 38.5 Å². The third kappa shape index (κ3) is 4.24. The number of hydrogen-bond acceptors (Lipinski definition) is 4. The zero-order chi connectivity index (χ0) is 17.7. The largest absolute Gasteiger partial charge is 0.383 e. The number of amides is 1. The fourth-order valence-electron chi connectivity index (χ4n) is 2.25. The van der Waals surface area contributed by atoms with Crippen LogP contribution in [0.3, 0.4) is 0 Å². The lowest BCUT2D eigenvalue weighted by Crippen LogP contribution is -2.28. The topological polar surface area (TPSA) is 74.4 Å². The Bertz CT molecular complexity index is 781. The van der Waals surface area contributed by atoms with E-state index in [1.165, 1.54) is 6.08 Å². The standard InChI is InChI=1S/C17H20BrN3O3/c1-21(2)8-6-14(22)15-12-10-11(18)4-5-13(12)20-16(15)17(23)19-7-9-24-3/h4-6,8,10,20H,7,9H2,1-3H3,(H,19,23)/b8-6+. The van der Waals surface area contributed by atoms with Gasteiger partial charge in [0.15, 0.2) is 5.78 Å². The number of H-pyrrole nitrogens is 1. The maximum Gasteiger partial charge on any atom is 0.268 e. The molecule has 7 heteroatoms. The second-order valence-electron chi connectivity index (χ2n) is 5.46. The number of nitrogens with zero attached hydrogens (tertiary/aromatic N) is 1. The Balaban J connectivity index is 2.47. The number of aromatic amines is 1. The molecular formula is C17H20BrN3O3. The SMILES string of the molecule is COCCNC(=O)c1[nH]c2ccc(Br)cc2c1C(=O)/C=C/N(C)C. The zero-order valence-corrected chi connectivity index (χ0v) is 15.4. The maximum atomic E-state index is 12.6. The molecule has 1 amide bonds. The molecule has 1 aromatic carbocycles. The van der Waals surface area contributed by atoms with Crippen molar-refractivity contribution in [2.24, 2.45) is 0 Å². The molecule has 2 aromatic rings. The molecule has 2 N–H and O–H groups in total. The van der Waals surface area contributed by atoms with Gasteiger partial charge in [0.2, 0.25) is 0 Å². The summed E-state index contributed by atoms with van der Waals surface area (Å²) in [4.78, 5) is 29.9. The van der Waals surface area contributed by atoms with Crippen LogP contribution in [0, 0.1) is 0 Å². The van der Waals surface area contributed by atoms with E-state index < -0.39 is 0 Å². The van der Waals surface area contributed by atoms with Crippen LogP contribution in [0.4, 0.5) is 0 Å². The van der Waals surface area contributed by atoms with Crippen LogP contribution in [-0.4, -0.2) is 55.9 Å². The van der Waals surface area contributed by atoms with Gasteiger partial charge in [0, 0.05) is 55.4 Å². The zero-order valence-electron chi connectivity index (χ0n) is 13.9. The van der Waals surface area contributed by atoms with Gasteiger partial charge in [-0.25, -0.2) is 0 Å². The van der Waals surface area contributed by atoms with Gasteiger partial charge in [0.1, 0.15) is 5.69 Å². The fourth-order valence-corrected chi connectivity index (χ4v) is 2.61. The normalized spacial score (nSPS) is 11.2. The minimum atomic E-state index is -0.332. The van der Waals surface area contributed by atoms with E-state index in [-0.39, 0.29) is 17.4 Å². The van der Waals surface area contributed by atoms with Crippen LogP contribution < -0.4 is 5.32 Å². The number of rotatable bonds is 7. The van der Waals surface area contributed by atoms with Crippen LogP contribution in [0.15, 0.2) is 34.9 Å². The number of carbonyl (C=O) groups excluding carboxylic acids is 2. The van der Waals surface area contributed by atoms with Crippen molar-refractivity contribution in [3.63, 3.8) is 0 Å². The lowest BCUT2D eigenvalue weighted by Gasteiger charge is -2.06. The van der Waals surface area contributed by atoms with E-state index in [0.29, 0.717) is 24.1 Å². The number of fused-ring (bicyclic) bond motifs is 1. The Morgan fingerprint density at radius 2 is 2.12 bits per heavy atom. The number of allylic oxidation sites excluding steroid dienone is 1. The quantitative estimate of drug-likeness (QED) is 0.430. The van der Waals surface area contributed by atoms with E-state index in [0.717, 1.165) is 9.99 Å². The van der Waals surface area contributed by atoms with E-state index in [1.807, 2.05) is 32.3 Å². The Kier molecular flexibility index (Phi) is 6.16. The van der Waals surface area contributed by atoms with Gasteiger partial charge in [-0.1, -0.05) is 15.9 Å². The summed E-state index contributed by atoms with van der Waals surface area (Å²) in [5, 5.41) is 3.45. The highest BCUT2D eigenvalue weighted by Gasteiger charge is 2.22. The number of ether oxygens (including phenoxy) is 1. The van der Waals surface area contributed by atoms with Gasteiger partial charge in [0.05, 0.1) is 12.2 Å². The van der Waals surface area contributed by atoms with E-state index in [4.69, 9.17) is 4.74 Å². The second-order valence-corrected chi connectivity index (χ2v) is 6.37. The van der Waals surface area contributed by atoms with Gasteiger partial charge < -0.3 is 19.9 Å². The monoisotopic (exact) mass is 393 g/mol. The molecule has 0 spiro atoms. The average molecular weight is 394 g/mol. The van der Waals surface area contributed by atoms with Crippen molar-refractivity contribution in [2.45, 2.75) is 0 Å². The van der Waals surface area contributed by atoms with Gasteiger partial charge in [0.25, 0.3) is 5.91 Å². The number of methoxy groups -OCH3 is 1. The molecule has 0 radical (unpaired) electrons. The van der Waals surface area contributed by atoms with Crippen LogP contribution in [0.5, 0.6) is 0 Å². The summed E-state index contributed by atoms with van der Waals surface area (Å²) in [6.07, 6.45) is 3.11. The molecule has 0 atom stereocenters. The van der Waals surface area contributed by atoms with Crippen LogP contribution in [0.25, 0.3) is 10.9 Å². The van der Waals surface area contributed by atoms with Crippen molar-refractivity contribution in [1.82, 2.24) is 15.2 Å². The molecule has 0 aliphatic rings. The Morgan fingerprint density at radius 3 is 2.79 bits per heavy atom. The van der Waals surface area contributed by atoms with Crippen molar-refractivity contribution in [3.05, 3.63) is 46.2 Å². The molecular weight excluding hydrogens is 374 g/mol. The predicted octanol–water partition coefficient (Wildman–Crippen LogP) is 2.56. The molecule has 1 heterocycles. The number of benzene rings is 1. The highest BCUT2D eigenvalue weighted by atomic mass is 79.9. The third-order valence-corrected chi connectivity index (χ3v) is 3.84. The van der Waals surface area contributed by atoms with Crippen LogP contribution >= 0.6 is 15.9 Å². The molecule has 0 aliphatic heterocycles. The highest BCUT2D eigenvalue weighted by molar-refractivity contribution is 9.10. The van der Waals surface area contributed by atoms with Gasteiger partial charge in [-0.15, -0.1) is 0 Å². The molecule has 1 aromatic heterocycles. The summed E-state index contributed by atoms with van der Waals surface area (Å²) in [5.41, 5.74) is 1.35. The molecule has 6 nitrogen and oxygen atoms in total. The molecule has 24 heavy (non-hydrogen) atoms. The maximum absolute atomic E-state index is 12.6. The molecule has 0 saturated heterocycles. The lowest BCUT2D eigenvalue weighted by molar-refractivity contribution is 0.0924. The summed E-state index contributed by atoms with van der Waals surface area (Å²) in [6, 6.07) is 5.52. The van der Waals surface area contributed by atoms with Crippen molar-refractivity contribution < 1.29 is 14.3 Å². The first-order chi connectivity index (χ1) is 11.4. The summed E-state index contributed by atoms with van der Waals surface area (Å²) in [5.74, 6) is -0.564. The molecule has 0 unspecified atom stereocenters. The van der Waals surface area contributed by atoms with Crippen molar-refractivity contribution in [2.75, 3.05) is 34.4 Å². The summed E-state index contributed by atoms with van der Waals surface area (Å²) < 4.78 is 5.77. The van der Waals surface area contributed by atoms with E-state index in [1.54, 1.807) is 18.2 Å². The predicted molar refractivity (Wildman–Crippen MR) is 97.4 cm³/mol. The van der Waals surface area contributed by atoms with E-state index in [2.05, 4.69) is 26.2 Å². The van der Waals surface area contributed by atoms with Gasteiger partial charge in [-0.3, -0.25) is 9.59 Å². The Morgan fingerprint density at radius 1 is 1.38 bits per heavy atom. The number of nitrogens with one attached hydrogen (secondary N) is 2. The Hall–Kier alpha value is -2.12. The first-order valence-electron chi connectivity index (χ1n) is 7.41. The van der Waals surface area contributed by atoms with E-state index in [9.17, 15) is 9.59 Å². The number of carbonyl (C=O) groups is 2. The second kappa shape index (κ2) is 8.12. The fraction of sp³-hybridized carbons (Fsp3) is 0.294. The van der Waals surface area contributed by atoms with Gasteiger partial charge >= 0.3 is 0 Å². The molecule has 2 rings (SSSR count). The minimum absolute atomic E-state index is 0.232. The summed E-state index contributed by atoms with van der Waals surface area (Å²) in [7, 11) is 5.22. The van der Waals surface area contributed by atoms with Crippen LogP contribution in [0.2, 0.25) is 0 Å². The number of halogens is 1. The lowest BCUT2D eigenvalue weighted by atomic mass is 10.1. The first kappa shape index (κ1) is 18.2. The third-order valence-electron chi connectivity index (χ3n) is 3.35. The van der Waals surface area contributed by atoms with Crippen molar-refractivity contribution in [1.29, 1.82) is 0 Å². The molecule has 0 fully saturated rings. The van der Waals surface area contributed by atoms with Gasteiger partial charge in [-0.05, 0) is 18.2 Å². The van der Waals surface area contributed by atoms with E-state index >= 15 is 0 Å². The number of hydrogen-bond donors (Lipinski definition) is 2. The first-order valence-corrected chi connectivity index (χ1v) is 8.20. The minimum Gasteiger partial charge on any atom is -0.383 e. The number of aromatic nitrogens is 1. The number of ketones is 1. The highest BCUT2D eigenvalue weighted by Crippen LogP contribution is 2.26. The smallest absolute Gasteiger partial charge is 0.268 e. The average Bonchev–Trinajstić information content (AvgIpc) is 2.91. The molecule has 0 aliphatic carbocycles. The summed E-state index contributed by atoms with van der Waals surface area (Å²) in [6.45, 7) is 0.775. The Labute approximate surface area is 149 Å². The summed E-state index contributed by atoms with van der Waals surface area (Å²) >= 11 is 3.41. The van der Waals surface area contributed by atoms with Gasteiger partial charge in [-0.2, -0.15) is 0 Å².